The molecule has 7 nitrogen and oxygen atoms in total. The third-order valence-electron chi connectivity index (χ3n) is 1.58. The second kappa shape index (κ2) is 3.29. The lowest BCUT2D eigenvalue weighted by molar-refractivity contribution is -0.118. The molecule has 7 heteroatoms. The third-order valence-corrected chi connectivity index (χ3v) is 1.58. The molecule has 0 atom stereocenters. The van der Waals surface area contributed by atoms with Crippen molar-refractivity contribution >= 4 is 22.9 Å². The summed E-state index contributed by atoms with van der Waals surface area (Å²) in [6.07, 6.45) is 2.88. The van der Waals surface area contributed by atoms with E-state index in [9.17, 15) is 4.79 Å². The van der Waals surface area contributed by atoms with Crippen LogP contribution in [-0.2, 0) is 4.79 Å². The van der Waals surface area contributed by atoms with Gasteiger partial charge in [0.05, 0.1) is 6.33 Å². The number of hydrazine groups is 1. The summed E-state index contributed by atoms with van der Waals surface area (Å²) >= 11 is 0. The Bertz CT molecular complexity index is 464. The summed E-state index contributed by atoms with van der Waals surface area (Å²) < 4.78 is 0. The molecule has 0 spiro atoms. The number of anilines is 1. The van der Waals surface area contributed by atoms with Crippen LogP contribution in [-0.4, -0.2) is 25.8 Å². The summed E-state index contributed by atoms with van der Waals surface area (Å²) in [6, 6.07) is 0. The summed E-state index contributed by atoms with van der Waals surface area (Å²) in [6.45, 7) is 1.40. The van der Waals surface area contributed by atoms with Crippen LogP contribution in [0.1, 0.15) is 6.92 Å². The number of hydrogen-bond donors (Lipinski definition) is 3. The molecule has 0 unspecified atom stereocenters. The van der Waals surface area contributed by atoms with Crippen LogP contribution in [0.3, 0.4) is 0 Å². The first-order chi connectivity index (χ1) is 6.77. The molecule has 2 aromatic rings. The minimum Gasteiger partial charge on any atom is -0.340 e. The van der Waals surface area contributed by atoms with E-state index in [1.165, 1.54) is 19.6 Å². The molecule has 0 aliphatic heterocycles. The maximum Gasteiger partial charge on any atom is 0.235 e. The lowest BCUT2D eigenvalue weighted by Crippen LogP contribution is -2.27. The highest BCUT2D eigenvalue weighted by molar-refractivity contribution is 5.83. The Morgan fingerprint density at radius 2 is 2.29 bits per heavy atom. The van der Waals surface area contributed by atoms with E-state index in [0.717, 1.165) is 0 Å². The Balaban J connectivity index is 2.32. The van der Waals surface area contributed by atoms with Crippen molar-refractivity contribution in [3.63, 3.8) is 0 Å². The van der Waals surface area contributed by atoms with Gasteiger partial charge in [0, 0.05) is 6.92 Å². The van der Waals surface area contributed by atoms with Gasteiger partial charge < -0.3 is 4.98 Å². The van der Waals surface area contributed by atoms with E-state index in [1.807, 2.05) is 0 Å². The van der Waals surface area contributed by atoms with Crippen molar-refractivity contribution < 1.29 is 4.79 Å². The van der Waals surface area contributed by atoms with Crippen molar-refractivity contribution in [1.29, 1.82) is 0 Å². The summed E-state index contributed by atoms with van der Waals surface area (Å²) in [7, 11) is 0. The number of hydrogen-bond acceptors (Lipinski definition) is 5. The smallest absolute Gasteiger partial charge is 0.235 e. The molecule has 2 aromatic heterocycles. The molecule has 0 aliphatic rings. The van der Waals surface area contributed by atoms with Crippen LogP contribution in [0.4, 0.5) is 5.82 Å². The molecule has 1 amide bonds. The minimum absolute atomic E-state index is 0.198. The number of H-pyrrole nitrogens is 1. The van der Waals surface area contributed by atoms with Crippen molar-refractivity contribution in [3.05, 3.63) is 12.7 Å². The largest absolute Gasteiger partial charge is 0.340 e. The lowest BCUT2D eigenvalue weighted by Gasteiger charge is -2.04. The van der Waals surface area contributed by atoms with Crippen molar-refractivity contribution in [1.82, 2.24) is 25.4 Å². The molecule has 72 valence electrons. The van der Waals surface area contributed by atoms with Gasteiger partial charge in [-0.15, -0.1) is 0 Å². The Labute approximate surface area is 78.9 Å². The Hall–Kier alpha value is -2.18. The zero-order valence-electron chi connectivity index (χ0n) is 7.40. The van der Waals surface area contributed by atoms with E-state index in [2.05, 4.69) is 30.8 Å². The van der Waals surface area contributed by atoms with Crippen molar-refractivity contribution in [2.45, 2.75) is 6.92 Å². The van der Waals surface area contributed by atoms with E-state index in [-0.39, 0.29) is 5.91 Å². The number of amides is 1. The quantitative estimate of drug-likeness (QED) is 0.573. The number of imidazole rings is 1. The molecule has 0 aromatic carbocycles. The zero-order chi connectivity index (χ0) is 9.97. The molecular weight excluding hydrogens is 184 g/mol. The Kier molecular flexibility index (Phi) is 1.98. The van der Waals surface area contributed by atoms with Gasteiger partial charge in [-0.25, -0.2) is 15.0 Å². The SMILES string of the molecule is CC(=O)NNc1ncnc2nc[nH]c12. The van der Waals surface area contributed by atoms with Gasteiger partial charge in [0.15, 0.2) is 11.5 Å². The Morgan fingerprint density at radius 3 is 3.07 bits per heavy atom. The average molecular weight is 192 g/mol. The van der Waals surface area contributed by atoms with Gasteiger partial charge in [0.25, 0.3) is 0 Å². The van der Waals surface area contributed by atoms with E-state index < -0.39 is 0 Å². The standard InChI is InChI=1S/C7H8N6O/c1-4(14)12-13-7-5-6(9-2-8-5)10-3-11-7/h2-3H,1H3,(H,12,14)(H2,8,9,10,11,13). The van der Waals surface area contributed by atoms with Crippen LogP contribution < -0.4 is 10.9 Å². The normalized spacial score (nSPS) is 10.1. The fourth-order valence-corrected chi connectivity index (χ4v) is 1.01. The predicted molar refractivity (Wildman–Crippen MR) is 49.1 cm³/mol. The van der Waals surface area contributed by atoms with Gasteiger partial charge in [0.2, 0.25) is 5.91 Å². The highest BCUT2D eigenvalue weighted by Gasteiger charge is 2.04. The molecule has 0 radical (unpaired) electrons. The van der Waals surface area contributed by atoms with Gasteiger partial charge in [-0.3, -0.25) is 15.6 Å². The number of nitrogens with zero attached hydrogens (tertiary/aromatic N) is 3. The van der Waals surface area contributed by atoms with Gasteiger partial charge in [0.1, 0.15) is 11.8 Å². The topological polar surface area (TPSA) is 95.6 Å². The second-order valence-corrected chi connectivity index (χ2v) is 2.63. The van der Waals surface area contributed by atoms with Crippen LogP contribution in [0, 0.1) is 0 Å². The van der Waals surface area contributed by atoms with E-state index in [1.54, 1.807) is 0 Å². The molecular formula is C7H8N6O. The summed E-state index contributed by atoms with van der Waals surface area (Å²) in [4.78, 5) is 25.3. The molecule has 0 bridgehead atoms. The molecule has 0 saturated carbocycles. The third kappa shape index (κ3) is 1.47. The molecule has 0 saturated heterocycles. The Morgan fingerprint density at radius 1 is 1.43 bits per heavy atom. The van der Waals surface area contributed by atoms with Crippen molar-refractivity contribution in [2.75, 3.05) is 5.43 Å². The average Bonchev–Trinajstić information content (AvgIpc) is 2.62. The molecule has 2 rings (SSSR count). The van der Waals surface area contributed by atoms with E-state index >= 15 is 0 Å². The maximum atomic E-state index is 10.6. The molecule has 3 N–H and O–H groups in total. The molecule has 0 aliphatic carbocycles. The fraction of sp³-hybridized carbons (Fsp3) is 0.143. The first kappa shape index (κ1) is 8.42. The number of fused-ring (bicyclic) bond motifs is 1. The van der Waals surface area contributed by atoms with Gasteiger partial charge >= 0.3 is 0 Å². The van der Waals surface area contributed by atoms with Crippen LogP contribution in [0.25, 0.3) is 11.2 Å². The highest BCUT2D eigenvalue weighted by atomic mass is 16.2. The molecule has 2 heterocycles. The summed E-state index contributed by atoms with van der Waals surface area (Å²) in [5, 5.41) is 0. The van der Waals surface area contributed by atoms with Crippen LogP contribution in [0.2, 0.25) is 0 Å². The van der Waals surface area contributed by atoms with Crippen LogP contribution in [0.5, 0.6) is 0 Å². The minimum atomic E-state index is -0.198. The summed E-state index contributed by atoms with van der Waals surface area (Å²) in [5.41, 5.74) is 6.27. The van der Waals surface area contributed by atoms with Crippen molar-refractivity contribution in [2.24, 2.45) is 0 Å². The van der Waals surface area contributed by atoms with Gasteiger partial charge in [-0.1, -0.05) is 0 Å². The number of carbonyl (C=O) groups is 1. The number of carbonyl (C=O) groups excluding carboxylic acids is 1. The monoisotopic (exact) mass is 192 g/mol. The van der Waals surface area contributed by atoms with Crippen LogP contribution >= 0.6 is 0 Å². The highest BCUT2D eigenvalue weighted by Crippen LogP contribution is 2.12. The molecule has 14 heavy (non-hydrogen) atoms. The fourth-order valence-electron chi connectivity index (χ4n) is 1.01. The van der Waals surface area contributed by atoms with Crippen molar-refractivity contribution in [3.8, 4) is 0 Å². The van der Waals surface area contributed by atoms with Crippen LogP contribution in [0.15, 0.2) is 12.7 Å². The van der Waals surface area contributed by atoms with Gasteiger partial charge in [-0.2, -0.15) is 0 Å². The molecule has 0 fully saturated rings. The van der Waals surface area contributed by atoms with E-state index in [0.29, 0.717) is 17.0 Å². The first-order valence-electron chi connectivity index (χ1n) is 3.94. The second-order valence-electron chi connectivity index (χ2n) is 2.63. The number of aromatic amines is 1. The van der Waals surface area contributed by atoms with E-state index in [4.69, 9.17) is 0 Å². The number of nitrogens with one attached hydrogen (secondary N) is 3. The number of aromatic nitrogens is 4. The summed E-state index contributed by atoms with van der Waals surface area (Å²) in [5.74, 6) is 0.291. The lowest BCUT2D eigenvalue weighted by atomic mass is 10.5. The predicted octanol–water partition coefficient (Wildman–Crippen LogP) is -0.184. The maximum absolute atomic E-state index is 10.6. The number of rotatable bonds is 2. The zero-order valence-corrected chi connectivity index (χ0v) is 7.40. The van der Waals surface area contributed by atoms with Gasteiger partial charge in [-0.05, 0) is 0 Å². The first-order valence-corrected chi connectivity index (χ1v) is 3.94.